The molecule has 1 amide bonds. The van der Waals surface area contributed by atoms with Gasteiger partial charge in [0.1, 0.15) is 5.60 Å². The number of hydrogen-bond donors (Lipinski definition) is 1. The van der Waals surface area contributed by atoms with Crippen molar-refractivity contribution in [3.05, 3.63) is 0 Å². The average molecular weight is 586 g/mol. The van der Waals surface area contributed by atoms with E-state index in [0.717, 1.165) is 25.7 Å². The molecule has 0 bridgehead atoms. The van der Waals surface area contributed by atoms with Crippen molar-refractivity contribution < 1.29 is 47.5 Å². The van der Waals surface area contributed by atoms with E-state index >= 15 is 0 Å². The molecule has 1 fully saturated rings. The van der Waals surface area contributed by atoms with Gasteiger partial charge in [-0.3, -0.25) is 4.79 Å². The quantitative estimate of drug-likeness (QED) is 0.109. The SMILES string of the molecule is CC(C)(C)OC(=O)CCOCCOCCOCCOCCOCCOCCNC(=O)OCC1C2CCC#CCCC21. The molecule has 2 aliphatic rings. The molecule has 0 saturated heterocycles. The summed E-state index contributed by atoms with van der Waals surface area (Å²) in [6.45, 7) is 11.7. The largest absolute Gasteiger partial charge is 0.460 e. The van der Waals surface area contributed by atoms with Crippen LogP contribution in [0.15, 0.2) is 0 Å². The maximum Gasteiger partial charge on any atom is 0.407 e. The smallest absolute Gasteiger partial charge is 0.407 e. The summed E-state index contributed by atoms with van der Waals surface area (Å²) in [5, 5.41) is 2.73. The number of carbonyl (C=O) groups excluding carboxylic acids is 2. The Kier molecular flexibility index (Phi) is 18.7. The number of ether oxygens (including phenoxy) is 8. The van der Waals surface area contributed by atoms with E-state index in [1.165, 1.54) is 0 Å². The lowest BCUT2D eigenvalue weighted by Crippen LogP contribution is -2.29. The van der Waals surface area contributed by atoms with Gasteiger partial charge in [-0.05, 0) is 51.4 Å². The fourth-order valence-electron chi connectivity index (χ4n) is 4.48. The maximum atomic E-state index is 11.9. The minimum atomic E-state index is -0.474. The van der Waals surface area contributed by atoms with E-state index in [1.807, 2.05) is 20.8 Å². The van der Waals surface area contributed by atoms with E-state index in [4.69, 9.17) is 37.9 Å². The van der Waals surface area contributed by atoms with Crippen LogP contribution in [0.5, 0.6) is 0 Å². The Balaban J connectivity index is 1.22. The molecule has 2 unspecified atom stereocenters. The highest BCUT2D eigenvalue weighted by molar-refractivity contribution is 5.69. The molecule has 2 atom stereocenters. The molecule has 0 aromatic carbocycles. The van der Waals surface area contributed by atoms with Gasteiger partial charge in [0.15, 0.2) is 0 Å². The second-order valence-electron chi connectivity index (χ2n) is 11.0. The van der Waals surface area contributed by atoms with Gasteiger partial charge in [0.05, 0.1) is 92.3 Å². The molecule has 1 N–H and O–H groups in total. The van der Waals surface area contributed by atoms with E-state index in [0.29, 0.717) is 110 Å². The van der Waals surface area contributed by atoms with Crippen LogP contribution in [0.4, 0.5) is 4.79 Å². The molecule has 0 radical (unpaired) electrons. The van der Waals surface area contributed by atoms with Gasteiger partial charge < -0.3 is 43.2 Å². The first-order valence-corrected chi connectivity index (χ1v) is 14.9. The van der Waals surface area contributed by atoms with Gasteiger partial charge in [-0.1, -0.05) is 0 Å². The van der Waals surface area contributed by atoms with Gasteiger partial charge in [0, 0.05) is 19.4 Å². The van der Waals surface area contributed by atoms with Crippen molar-refractivity contribution in [1.29, 1.82) is 0 Å². The van der Waals surface area contributed by atoms with Crippen LogP contribution in [0.25, 0.3) is 0 Å². The van der Waals surface area contributed by atoms with Crippen molar-refractivity contribution in [3.63, 3.8) is 0 Å². The van der Waals surface area contributed by atoms with Crippen molar-refractivity contribution in [2.75, 3.05) is 92.4 Å². The summed E-state index contributed by atoms with van der Waals surface area (Å²) < 4.78 is 43.2. The number of amides is 1. The lowest BCUT2D eigenvalue weighted by Gasteiger charge is -2.19. The standard InChI is InChI=1S/C30H51NO10/c1-30(2,3)41-28(32)10-12-34-14-16-36-18-20-38-22-23-39-21-19-37-17-15-35-13-11-31-29(33)40-24-27-25-8-6-4-5-7-9-26(25)27/h25-27H,6-24H2,1-3H3,(H,31,33). The Hall–Kier alpha value is -1.94. The lowest BCUT2D eigenvalue weighted by atomic mass is 10.1. The highest BCUT2D eigenvalue weighted by Gasteiger charge is 2.49. The fraction of sp³-hybridized carbons (Fsp3) is 0.867. The Labute approximate surface area is 245 Å². The van der Waals surface area contributed by atoms with Crippen LogP contribution in [0, 0.1) is 29.6 Å². The summed E-state index contributed by atoms with van der Waals surface area (Å²) in [5.41, 5.74) is -0.474. The zero-order chi connectivity index (χ0) is 29.6. The average Bonchev–Trinajstić information content (AvgIpc) is 3.55. The molecule has 11 nitrogen and oxygen atoms in total. The predicted molar refractivity (Wildman–Crippen MR) is 151 cm³/mol. The molecule has 2 rings (SSSR count). The van der Waals surface area contributed by atoms with Gasteiger partial charge >= 0.3 is 12.1 Å². The van der Waals surface area contributed by atoms with Crippen molar-refractivity contribution >= 4 is 12.1 Å². The summed E-state index contributed by atoms with van der Waals surface area (Å²) >= 11 is 0. The van der Waals surface area contributed by atoms with Crippen LogP contribution in [0.3, 0.4) is 0 Å². The minimum absolute atomic E-state index is 0.231. The van der Waals surface area contributed by atoms with Crippen molar-refractivity contribution in [2.24, 2.45) is 17.8 Å². The van der Waals surface area contributed by atoms with Crippen molar-refractivity contribution in [1.82, 2.24) is 5.32 Å². The van der Waals surface area contributed by atoms with Gasteiger partial charge in [0.25, 0.3) is 0 Å². The number of carbonyl (C=O) groups is 2. The molecule has 0 heterocycles. The predicted octanol–water partition coefficient (Wildman–Crippen LogP) is 2.98. The molecule has 0 spiro atoms. The van der Waals surface area contributed by atoms with Crippen molar-refractivity contribution in [2.45, 2.75) is 58.5 Å². The third kappa shape index (κ3) is 19.0. The van der Waals surface area contributed by atoms with E-state index in [1.54, 1.807) is 0 Å². The summed E-state index contributed by atoms with van der Waals surface area (Å²) in [6.07, 6.45) is 4.02. The zero-order valence-electron chi connectivity index (χ0n) is 25.2. The van der Waals surface area contributed by atoms with E-state index in [-0.39, 0.29) is 18.5 Å². The van der Waals surface area contributed by atoms with E-state index in [9.17, 15) is 9.59 Å². The summed E-state index contributed by atoms with van der Waals surface area (Å²) in [5.74, 6) is 7.97. The number of fused-ring (bicyclic) bond motifs is 1. The Bertz CT molecular complexity index is 757. The normalized spacial score (nSPS) is 19.7. The van der Waals surface area contributed by atoms with Crippen LogP contribution in [0.2, 0.25) is 0 Å². The highest BCUT2D eigenvalue weighted by atomic mass is 16.6. The topological polar surface area (TPSA) is 120 Å². The maximum absolute atomic E-state index is 11.9. The second-order valence-corrected chi connectivity index (χ2v) is 11.0. The first-order chi connectivity index (χ1) is 19.9. The number of alkyl carbamates (subject to hydrolysis) is 1. The monoisotopic (exact) mass is 585 g/mol. The molecule has 0 aromatic rings. The Morgan fingerprint density at radius 2 is 1.12 bits per heavy atom. The number of esters is 1. The first kappa shape index (κ1) is 35.3. The van der Waals surface area contributed by atoms with Gasteiger partial charge in [-0.15, -0.1) is 11.8 Å². The fourth-order valence-corrected chi connectivity index (χ4v) is 4.48. The third-order valence-corrected chi connectivity index (χ3v) is 6.49. The van der Waals surface area contributed by atoms with Crippen LogP contribution in [-0.4, -0.2) is 110 Å². The molecule has 2 aliphatic carbocycles. The van der Waals surface area contributed by atoms with E-state index < -0.39 is 5.60 Å². The first-order valence-electron chi connectivity index (χ1n) is 14.9. The van der Waals surface area contributed by atoms with Gasteiger partial charge in [-0.2, -0.15) is 0 Å². The summed E-state index contributed by atoms with van der Waals surface area (Å²) in [6, 6.07) is 0. The molecule has 0 aliphatic heterocycles. The van der Waals surface area contributed by atoms with Gasteiger partial charge in [-0.25, -0.2) is 4.79 Å². The Morgan fingerprint density at radius 3 is 1.59 bits per heavy atom. The van der Waals surface area contributed by atoms with Crippen LogP contribution < -0.4 is 5.32 Å². The Morgan fingerprint density at radius 1 is 0.683 bits per heavy atom. The number of nitrogens with one attached hydrogen (secondary N) is 1. The molecule has 41 heavy (non-hydrogen) atoms. The number of hydrogen-bond acceptors (Lipinski definition) is 10. The zero-order valence-corrected chi connectivity index (χ0v) is 25.2. The molecule has 236 valence electrons. The molecule has 1 saturated carbocycles. The molecular formula is C30H51NO10. The summed E-state index contributed by atoms with van der Waals surface area (Å²) in [7, 11) is 0. The second kappa shape index (κ2) is 21.7. The molecular weight excluding hydrogens is 534 g/mol. The molecule has 11 heteroatoms. The number of rotatable bonds is 23. The third-order valence-electron chi connectivity index (χ3n) is 6.49. The highest BCUT2D eigenvalue weighted by Crippen LogP contribution is 2.52. The lowest BCUT2D eigenvalue weighted by molar-refractivity contribution is -0.156. The van der Waals surface area contributed by atoms with Crippen LogP contribution in [-0.2, 0) is 42.7 Å². The van der Waals surface area contributed by atoms with E-state index in [2.05, 4.69) is 17.2 Å². The van der Waals surface area contributed by atoms with Gasteiger partial charge in [0.2, 0.25) is 0 Å². The van der Waals surface area contributed by atoms with Crippen molar-refractivity contribution in [3.8, 4) is 11.8 Å². The molecule has 0 aromatic heterocycles. The minimum Gasteiger partial charge on any atom is -0.460 e. The van der Waals surface area contributed by atoms with Crippen LogP contribution >= 0.6 is 0 Å². The van der Waals surface area contributed by atoms with Crippen LogP contribution in [0.1, 0.15) is 52.9 Å². The summed E-state index contributed by atoms with van der Waals surface area (Å²) in [4.78, 5) is 23.4.